The highest BCUT2D eigenvalue weighted by molar-refractivity contribution is 6.08. The van der Waals surface area contributed by atoms with Gasteiger partial charge in [0.1, 0.15) is 43.4 Å². The second kappa shape index (κ2) is 11.0. The lowest BCUT2D eigenvalue weighted by atomic mass is 9.63. The van der Waals surface area contributed by atoms with E-state index in [0.717, 1.165) is 61.6 Å². The first kappa shape index (κ1) is 30.3. The number of nitriles is 2. The van der Waals surface area contributed by atoms with Gasteiger partial charge in [-0.1, -0.05) is 19.9 Å². The molecule has 2 aliphatic heterocycles. The van der Waals surface area contributed by atoms with Gasteiger partial charge >= 0.3 is 5.97 Å². The molecule has 0 unspecified atom stereocenters. The molecule has 1 N–H and O–H groups in total. The lowest BCUT2D eigenvalue weighted by Crippen LogP contribution is -2.38. The van der Waals surface area contributed by atoms with E-state index in [9.17, 15) is 20.4 Å². The molecule has 0 radical (unpaired) electrons. The summed E-state index contributed by atoms with van der Waals surface area (Å²) in [5.41, 5.74) is -2.85. The fourth-order valence-electron chi connectivity index (χ4n) is 6.46. The molecule has 2 aromatic rings. The smallest absolute Gasteiger partial charge is 0.339 e. The van der Waals surface area contributed by atoms with Crippen molar-refractivity contribution in [1.82, 2.24) is 0 Å². The highest BCUT2D eigenvalue weighted by atomic mass is 19.2. The molecular weight excluding hydrogens is 585 g/mol. The minimum absolute atomic E-state index is 0.0104. The maximum Gasteiger partial charge on any atom is 0.339 e. The molecule has 230 valence electrons. The van der Waals surface area contributed by atoms with Gasteiger partial charge in [-0.05, 0) is 46.9 Å². The van der Waals surface area contributed by atoms with Gasteiger partial charge in [0.05, 0.1) is 12.0 Å². The third-order valence-corrected chi connectivity index (χ3v) is 9.18. The molecule has 45 heavy (non-hydrogen) atoms. The minimum Gasteiger partial charge on any atom is -0.478 e. The monoisotopic (exact) mass is 615 g/mol. The van der Waals surface area contributed by atoms with E-state index in [1.54, 1.807) is 12.1 Å². The van der Waals surface area contributed by atoms with Crippen LogP contribution >= 0.6 is 0 Å². The number of carbonyl (C=O) groups is 1. The second-order valence-corrected chi connectivity index (χ2v) is 12.0. The number of rotatable bonds is 7. The lowest BCUT2D eigenvalue weighted by molar-refractivity contribution is -0.582. The molecule has 0 bridgehead atoms. The van der Waals surface area contributed by atoms with Crippen LogP contribution in [0, 0.1) is 40.1 Å². The van der Waals surface area contributed by atoms with Gasteiger partial charge in [-0.25, -0.2) is 22.5 Å². The maximum atomic E-state index is 17.0. The fourth-order valence-corrected chi connectivity index (χ4v) is 6.46. The average Bonchev–Trinajstić information content (AvgIpc) is 2.96. The predicted molar refractivity (Wildman–Crippen MR) is 158 cm³/mol. The number of nitrogens with zero attached hydrogens (tertiary/aromatic N) is 4. The minimum atomic E-state index is -2.99. The largest absolute Gasteiger partial charge is 0.478 e. The van der Waals surface area contributed by atoms with Crippen LogP contribution in [0.2, 0.25) is 0 Å². The van der Waals surface area contributed by atoms with E-state index in [1.807, 2.05) is 38.1 Å². The number of fused-ring (bicyclic) bond motifs is 2. The zero-order valence-corrected chi connectivity index (χ0v) is 25.0. The van der Waals surface area contributed by atoms with E-state index in [2.05, 4.69) is 9.48 Å². The third kappa shape index (κ3) is 4.49. The lowest BCUT2D eigenvalue weighted by Gasteiger charge is -2.41. The van der Waals surface area contributed by atoms with Crippen molar-refractivity contribution in [2.24, 2.45) is 0 Å². The zero-order valence-electron chi connectivity index (χ0n) is 25.0. The van der Waals surface area contributed by atoms with Gasteiger partial charge < -0.3 is 19.5 Å². The molecule has 0 saturated carbocycles. The van der Waals surface area contributed by atoms with Crippen LogP contribution in [0.5, 0.6) is 0 Å². The summed E-state index contributed by atoms with van der Waals surface area (Å²) in [7, 11) is 1.17. The Bertz CT molecular complexity index is 1850. The molecule has 0 spiro atoms. The van der Waals surface area contributed by atoms with E-state index in [1.165, 1.54) is 19.2 Å². The fraction of sp³-hybridized carbons (Fsp3) is 0.353. The van der Waals surface area contributed by atoms with Crippen LogP contribution in [0.15, 0.2) is 47.6 Å². The summed E-state index contributed by atoms with van der Waals surface area (Å²) in [6.45, 7) is 6.75. The third-order valence-electron chi connectivity index (χ3n) is 9.18. The quantitative estimate of drug-likeness (QED) is 0.255. The van der Waals surface area contributed by atoms with Crippen LogP contribution in [-0.4, -0.2) is 61.4 Å². The summed E-state index contributed by atoms with van der Waals surface area (Å²) >= 11 is 0. The van der Waals surface area contributed by atoms with Gasteiger partial charge in [0.25, 0.3) is 5.60 Å². The van der Waals surface area contributed by atoms with Crippen LogP contribution < -0.4 is 4.90 Å². The molecule has 2 fully saturated rings. The molecule has 11 heteroatoms. The van der Waals surface area contributed by atoms with Crippen molar-refractivity contribution < 1.29 is 37.1 Å². The SMILES string of the molecule is COCOC(C#N)(C#N)c1c(F)c(F)c(C(=O)O)c(C2=C3C=CC(=[N+]4CCC4)C=C3C(C)(C)c3cc(N4CCC4)ccc32)c1F. The topological polar surface area (TPSA) is 110 Å². The molecule has 2 saturated heterocycles. The molecule has 0 aromatic heterocycles. The number of carboxylic acids is 1. The molecule has 0 atom stereocenters. The summed E-state index contributed by atoms with van der Waals surface area (Å²) in [5.74, 6) is -7.43. The molecular formula is C34H30F3N4O4+. The van der Waals surface area contributed by atoms with Gasteiger partial charge in [-0.2, -0.15) is 10.5 Å². The van der Waals surface area contributed by atoms with Crippen molar-refractivity contribution in [3.05, 3.63) is 92.8 Å². The van der Waals surface area contributed by atoms with Crippen LogP contribution in [0.3, 0.4) is 0 Å². The Kier molecular flexibility index (Phi) is 7.43. The summed E-state index contributed by atoms with van der Waals surface area (Å²) in [6, 6.07) is 8.44. The summed E-state index contributed by atoms with van der Waals surface area (Å²) in [4.78, 5) is 14.8. The molecule has 2 heterocycles. The molecule has 4 aliphatic rings. The summed E-state index contributed by atoms with van der Waals surface area (Å²) in [5, 5.41) is 30.1. The van der Waals surface area contributed by atoms with E-state index >= 15 is 13.2 Å². The number of carboxylic acid groups (broad SMARTS) is 1. The zero-order chi connectivity index (χ0) is 32.3. The van der Waals surface area contributed by atoms with E-state index in [4.69, 9.17) is 9.47 Å². The van der Waals surface area contributed by atoms with Gasteiger partial charge in [0.15, 0.2) is 17.3 Å². The number of anilines is 1. The Balaban J connectivity index is 1.74. The van der Waals surface area contributed by atoms with Crippen LogP contribution in [-0.2, 0) is 20.5 Å². The Morgan fingerprint density at radius 3 is 2.36 bits per heavy atom. The number of hydrogen-bond donors (Lipinski definition) is 1. The Morgan fingerprint density at radius 1 is 1.09 bits per heavy atom. The van der Waals surface area contributed by atoms with E-state index in [-0.39, 0.29) is 5.57 Å². The van der Waals surface area contributed by atoms with Crippen molar-refractivity contribution in [3.63, 3.8) is 0 Å². The first-order valence-corrected chi connectivity index (χ1v) is 14.6. The molecule has 0 amide bonds. The number of allylic oxidation sites excluding steroid dienone is 5. The predicted octanol–water partition coefficient (Wildman–Crippen LogP) is 5.32. The van der Waals surface area contributed by atoms with E-state index in [0.29, 0.717) is 11.1 Å². The maximum absolute atomic E-state index is 17.0. The van der Waals surface area contributed by atoms with Crippen molar-refractivity contribution in [2.45, 2.75) is 37.7 Å². The van der Waals surface area contributed by atoms with Crippen molar-refractivity contribution in [3.8, 4) is 12.1 Å². The number of aromatic carboxylic acids is 1. The Morgan fingerprint density at radius 2 is 1.80 bits per heavy atom. The van der Waals surface area contributed by atoms with Crippen LogP contribution in [0.1, 0.15) is 59.3 Å². The Hall–Kier alpha value is -4.71. The molecule has 2 aliphatic carbocycles. The first-order valence-electron chi connectivity index (χ1n) is 14.6. The molecule has 8 nitrogen and oxygen atoms in total. The van der Waals surface area contributed by atoms with Crippen LogP contribution in [0.4, 0.5) is 18.9 Å². The number of benzene rings is 2. The average molecular weight is 616 g/mol. The number of halogens is 3. The Labute approximate surface area is 258 Å². The number of methoxy groups -OCH3 is 1. The van der Waals surface area contributed by atoms with Crippen molar-refractivity contribution in [1.29, 1.82) is 10.5 Å². The summed E-state index contributed by atoms with van der Waals surface area (Å²) in [6.07, 6.45) is 7.62. The standard InChI is InChI=1S/C34H29F3N4O4/c1-33(2)23-14-19(40-10-4-11-40)6-8-21(23)25(22-9-7-20(15-24(22)33)41-12-5-13-41)26-27(32(42)43)30(36)31(37)28(29(26)35)34(16-38,17-39)45-18-44-3/h6-9,14-15H,4-5,10-13,18H2,1-3H3/p+1. The van der Waals surface area contributed by atoms with Crippen molar-refractivity contribution in [2.75, 3.05) is 45.0 Å². The summed E-state index contributed by atoms with van der Waals surface area (Å²) < 4.78 is 60.7. The molecule has 2 aromatic carbocycles. The van der Waals surface area contributed by atoms with Gasteiger partial charge in [-0.15, -0.1) is 0 Å². The second-order valence-electron chi connectivity index (χ2n) is 12.0. The van der Waals surface area contributed by atoms with Gasteiger partial charge in [0, 0.05) is 54.6 Å². The molecule has 6 rings (SSSR count). The van der Waals surface area contributed by atoms with Crippen LogP contribution in [0.25, 0.3) is 5.57 Å². The number of ether oxygens (including phenoxy) is 2. The van der Waals surface area contributed by atoms with E-state index < -0.39 is 57.9 Å². The highest BCUT2D eigenvalue weighted by Gasteiger charge is 2.47. The van der Waals surface area contributed by atoms with Crippen molar-refractivity contribution >= 4 is 22.9 Å². The van der Waals surface area contributed by atoms with Gasteiger partial charge in [-0.3, -0.25) is 0 Å². The van der Waals surface area contributed by atoms with Gasteiger partial charge in [0.2, 0.25) is 0 Å². The normalized spacial score (nSPS) is 18.3. The number of hydrogen-bond acceptors (Lipinski definition) is 6. The first-order chi connectivity index (χ1) is 21.5. The highest BCUT2D eigenvalue weighted by Crippen LogP contribution is 2.52.